The molecule has 1 amide bonds. The standard InChI is InChI=1S/C19H32N2O3S/c1-18(2,3)15-19(4,5)20-17(22)13-10-14-21(25(6,23)24)16-11-8-7-9-12-16/h7-9,11-12H,10,13-15H2,1-6H3,(H,20,22). The highest BCUT2D eigenvalue weighted by Gasteiger charge is 2.27. The van der Waals surface area contributed by atoms with Crippen LogP contribution in [0.3, 0.4) is 0 Å². The van der Waals surface area contributed by atoms with Crippen LogP contribution in [0.2, 0.25) is 0 Å². The molecule has 142 valence electrons. The Morgan fingerprint density at radius 2 is 1.64 bits per heavy atom. The fraction of sp³-hybridized carbons (Fsp3) is 0.632. The van der Waals surface area contributed by atoms with Crippen LogP contribution in [0.4, 0.5) is 5.69 Å². The molecule has 0 spiro atoms. The molecule has 5 nitrogen and oxygen atoms in total. The summed E-state index contributed by atoms with van der Waals surface area (Å²) in [6, 6.07) is 8.96. The SMILES string of the molecule is CC(C)(C)CC(C)(C)NC(=O)CCCN(c1ccccc1)S(C)(=O)=O. The predicted molar refractivity (Wildman–Crippen MR) is 104 cm³/mol. The van der Waals surface area contributed by atoms with Gasteiger partial charge in [0, 0.05) is 18.5 Å². The van der Waals surface area contributed by atoms with E-state index in [1.165, 1.54) is 10.6 Å². The van der Waals surface area contributed by atoms with Crippen LogP contribution in [0.15, 0.2) is 30.3 Å². The second-order valence-electron chi connectivity index (χ2n) is 8.44. The van der Waals surface area contributed by atoms with Crippen molar-refractivity contribution in [3.8, 4) is 0 Å². The Morgan fingerprint density at radius 1 is 1.08 bits per heavy atom. The largest absolute Gasteiger partial charge is 0.351 e. The fourth-order valence-electron chi connectivity index (χ4n) is 3.27. The summed E-state index contributed by atoms with van der Waals surface area (Å²) in [5.41, 5.74) is 0.459. The molecule has 0 bridgehead atoms. The number of anilines is 1. The number of para-hydroxylation sites is 1. The predicted octanol–water partition coefficient (Wildman–Crippen LogP) is 3.56. The number of nitrogens with one attached hydrogen (secondary N) is 1. The maximum absolute atomic E-state index is 12.2. The van der Waals surface area contributed by atoms with E-state index in [1.54, 1.807) is 24.3 Å². The van der Waals surface area contributed by atoms with Crippen molar-refractivity contribution in [1.29, 1.82) is 0 Å². The van der Waals surface area contributed by atoms with Crippen LogP contribution in [0, 0.1) is 5.41 Å². The second kappa shape index (κ2) is 8.21. The van der Waals surface area contributed by atoms with Gasteiger partial charge in [0.25, 0.3) is 0 Å². The van der Waals surface area contributed by atoms with Gasteiger partial charge in [-0.3, -0.25) is 9.10 Å². The highest BCUT2D eigenvalue weighted by atomic mass is 32.2. The van der Waals surface area contributed by atoms with Crippen molar-refractivity contribution in [2.75, 3.05) is 17.1 Å². The maximum Gasteiger partial charge on any atom is 0.232 e. The lowest BCUT2D eigenvalue weighted by Crippen LogP contribution is -2.46. The molecule has 0 aromatic heterocycles. The van der Waals surface area contributed by atoms with E-state index in [0.29, 0.717) is 18.5 Å². The number of hydrogen-bond acceptors (Lipinski definition) is 3. The first-order valence-electron chi connectivity index (χ1n) is 8.64. The molecule has 0 aliphatic rings. The lowest BCUT2D eigenvalue weighted by molar-refractivity contribution is -0.123. The third-order valence-electron chi connectivity index (χ3n) is 3.66. The van der Waals surface area contributed by atoms with Gasteiger partial charge in [0.1, 0.15) is 0 Å². The van der Waals surface area contributed by atoms with Crippen LogP contribution in [0.5, 0.6) is 0 Å². The molecular formula is C19H32N2O3S. The van der Waals surface area contributed by atoms with Gasteiger partial charge in [-0.2, -0.15) is 0 Å². The van der Waals surface area contributed by atoms with Crippen LogP contribution >= 0.6 is 0 Å². The molecule has 1 aromatic rings. The number of nitrogens with zero attached hydrogens (tertiary/aromatic N) is 1. The average molecular weight is 369 g/mol. The van der Waals surface area contributed by atoms with Gasteiger partial charge in [-0.05, 0) is 44.2 Å². The Balaban J connectivity index is 2.61. The van der Waals surface area contributed by atoms with Gasteiger partial charge >= 0.3 is 0 Å². The molecule has 6 heteroatoms. The number of amides is 1. The Morgan fingerprint density at radius 3 is 2.12 bits per heavy atom. The second-order valence-corrected chi connectivity index (χ2v) is 10.4. The summed E-state index contributed by atoms with van der Waals surface area (Å²) in [4.78, 5) is 12.2. The Labute approximate surface area is 152 Å². The quantitative estimate of drug-likeness (QED) is 0.763. The highest BCUT2D eigenvalue weighted by Crippen LogP contribution is 2.27. The molecule has 0 atom stereocenters. The van der Waals surface area contributed by atoms with E-state index in [0.717, 1.165) is 6.42 Å². The molecule has 0 aliphatic carbocycles. The molecule has 0 saturated heterocycles. The van der Waals surface area contributed by atoms with Gasteiger partial charge in [-0.25, -0.2) is 8.42 Å². The van der Waals surface area contributed by atoms with Gasteiger partial charge < -0.3 is 5.32 Å². The fourth-order valence-corrected chi connectivity index (χ4v) is 4.24. The van der Waals surface area contributed by atoms with Crippen LogP contribution < -0.4 is 9.62 Å². The van der Waals surface area contributed by atoms with Crippen molar-refractivity contribution in [3.05, 3.63) is 30.3 Å². The van der Waals surface area contributed by atoms with Crippen molar-refractivity contribution in [2.24, 2.45) is 5.41 Å². The van der Waals surface area contributed by atoms with Gasteiger partial charge in [0.15, 0.2) is 0 Å². The Kier molecular flexibility index (Phi) is 7.06. The lowest BCUT2D eigenvalue weighted by Gasteiger charge is -2.33. The summed E-state index contributed by atoms with van der Waals surface area (Å²) in [7, 11) is -3.37. The van der Waals surface area contributed by atoms with Gasteiger partial charge in [-0.15, -0.1) is 0 Å². The first kappa shape index (κ1) is 21.5. The highest BCUT2D eigenvalue weighted by molar-refractivity contribution is 7.92. The lowest BCUT2D eigenvalue weighted by atomic mass is 9.82. The number of rotatable bonds is 8. The first-order chi connectivity index (χ1) is 11.3. The normalized spacial score (nSPS) is 12.7. The molecule has 0 fully saturated rings. The number of hydrogen-bond donors (Lipinski definition) is 1. The summed E-state index contributed by atoms with van der Waals surface area (Å²) in [6.07, 6.45) is 2.82. The van der Waals surface area contributed by atoms with Crippen LogP contribution in [-0.4, -0.2) is 32.7 Å². The van der Waals surface area contributed by atoms with E-state index in [2.05, 4.69) is 26.1 Å². The molecule has 1 N–H and O–H groups in total. The average Bonchev–Trinajstić information content (AvgIpc) is 2.39. The minimum absolute atomic E-state index is 0.0456. The number of carbonyl (C=O) groups excluding carboxylic acids is 1. The zero-order valence-electron chi connectivity index (χ0n) is 16.3. The van der Waals surface area contributed by atoms with Crippen molar-refractivity contribution >= 4 is 21.6 Å². The monoisotopic (exact) mass is 368 g/mol. The summed E-state index contributed by atoms with van der Waals surface area (Å²) in [6.45, 7) is 10.8. The van der Waals surface area contributed by atoms with Gasteiger partial charge in [0.2, 0.25) is 15.9 Å². The molecule has 25 heavy (non-hydrogen) atoms. The zero-order chi connectivity index (χ0) is 19.3. The summed E-state index contributed by atoms with van der Waals surface area (Å²) in [5.74, 6) is -0.0456. The van der Waals surface area contributed by atoms with Gasteiger partial charge in [0.05, 0.1) is 11.9 Å². The first-order valence-corrected chi connectivity index (χ1v) is 10.5. The van der Waals surface area contributed by atoms with E-state index in [1.807, 2.05) is 19.9 Å². The minimum Gasteiger partial charge on any atom is -0.351 e. The van der Waals surface area contributed by atoms with E-state index >= 15 is 0 Å². The smallest absolute Gasteiger partial charge is 0.232 e. The molecule has 1 aromatic carbocycles. The van der Waals surface area contributed by atoms with Crippen molar-refractivity contribution in [1.82, 2.24) is 5.32 Å². The van der Waals surface area contributed by atoms with Crippen LogP contribution in [-0.2, 0) is 14.8 Å². The Bertz CT molecular complexity index is 662. The molecule has 0 unspecified atom stereocenters. The van der Waals surface area contributed by atoms with Crippen molar-refractivity contribution in [3.63, 3.8) is 0 Å². The number of benzene rings is 1. The van der Waals surface area contributed by atoms with E-state index in [-0.39, 0.29) is 23.4 Å². The summed E-state index contributed by atoms with van der Waals surface area (Å²) < 4.78 is 25.4. The number of sulfonamides is 1. The van der Waals surface area contributed by atoms with E-state index < -0.39 is 10.0 Å². The minimum atomic E-state index is -3.37. The third-order valence-corrected chi connectivity index (χ3v) is 4.85. The molecule has 0 radical (unpaired) electrons. The molecule has 0 saturated carbocycles. The zero-order valence-corrected chi connectivity index (χ0v) is 17.1. The Hall–Kier alpha value is -1.56. The van der Waals surface area contributed by atoms with Gasteiger partial charge in [-0.1, -0.05) is 39.0 Å². The molecule has 0 aliphatic heterocycles. The topological polar surface area (TPSA) is 66.5 Å². The molecule has 0 heterocycles. The van der Waals surface area contributed by atoms with Crippen molar-refractivity contribution < 1.29 is 13.2 Å². The summed E-state index contributed by atoms with van der Waals surface area (Å²) in [5, 5.41) is 3.06. The van der Waals surface area contributed by atoms with Crippen LogP contribution in [0.1, 0.15) is 53.9 Å². The molecular weight excluding hydrogens is 336 g/mol. The maximum atomic E-state index is 12.2. The van der Waals surface area contributed by atoms with Crippen molar-refractivity contribution in [2.45, 2.75) is 59.4 Å². The molecule has 1 rings (SSSR count). The van der Waals surface area contributed by atoms with E-state index in [4.69, 9.17) is 0 Å². The van der Waals surface area contributed by atoms with E-state index in [9.17, 15) is 13.2 Å². The third kappa shape index (κ3) is 8.38. The number of carbonyl (C=O) groups is 1. The summed E-state index contributed by atoms with van der Waals surface area (Å²) >= 11 is 0. The van der Waals surface area contributed by atoms with Crippen LogP contribution in [0.25, 0.3) is 0 Å².